The highest BCUT2D eigenvalue weighted by molar-refractivity contribution is 7.91. The number of hydrogen-bond acceptors (Lipinski definition) is 4. The number of sulfonamides is 1. The lowest BCUT2D eigenvalue weighted by molar-refractivity contribution is 0.574. The summed E-state index contributed by atoms with van der Waals surface area (Å²) in [5, 5.41) is 0. The van der Waals surface area contributed by atoms with Gasteiger partial charge in [-0.25, -0.2) is 13.1 Å². The molecule has 0 aliphatic rings. The molecule has 0 aliphatic heterocycles. The number of halogens is 1. The molecule has 1 atom stereocenters. The fourth-order valence-corrected chi connectivity index (χ4v) is 4.18. The molecular formula is C14H19ClN2O2S2. The largest absolute Gasteiger partial charge is 0.323 e. The van der Waals surface area contributed by atoms with Crippen LogP contribution >= 0.6 is 23.7 Å². The molecule has 1 unspecified atom stereocenters. The first-order chi connectivity index (χ1) is 9.53. The van der Waals surface area contributed by atoms with Crippen molar-refractivity contribution in [3.05, 3.63) is 52.9 Å². The van der Waals surface area contributed by atoms with Crippen molar-refractivity contribution in [1.82, 2.24) is 4.72 Å². The number of hydrogen-bond donors (Lipinski definition) is 2. The highest BCUT2D eigenvalue weighted by Gasteiger charge is 2.17. The van der Waals surface area contributed by atoms with Gasteiger partial charge in [0.1, 0.15) is 4.21 Å². The van der Waals surface area contributed by atoms with E-state index in [-0.39, 0.29) is 25.0 Å². The van der Waals surface area contributed by atoms with Crippen LogP contribution in [0.25, 0.3) is 0 Å². The van der Waals surface area contributed by atoms with Gasteiger partial charge in [0, 0.05) is 17.5 Å². The van der Waals surface area contributed by atoms with Gasteiger partial charge < -0.3 is 5.73 Å². The van der Waals surface area contributed by atoms with Crippen LogP contribution in [0, 0.1) is 0 Å². The van der Waals surface area contributed by atoms with Crippen molar-refractivity contribution in [2.24, 2.45) is 5.73 Å². The van der Waals surface area contributed by atoms with Gasteiger partial charge >= 0.3 is 0 Å². The topological polar surface area (TPSA) is 72.2 Å². The highest BCUT2D eigenvalue weighted by Crippen LogP contribution is 2.22. The average Bonchev–Trinajstić information content (AvgIpc) is 2.95. The zero-order chi connectivity index (χ0) is 14.6. The molecule has 3 N–H and O–H groups in total. The van der Waals surface area contributed by atoms with E-state index in [1.807, 2.05) is 43.3 Å². The highest BCUT2D eigenvalue weighted by atomic mass is 35.5. The summed E-state index contributed by atoms with van der Waals surface area (Å²) in [4.78, 5) is 1.05. The molecule has 0 saturated carbocycles. The van der Waals surface area contributed by atoms with Crippen LogP contribution in [0.3, 0.4) is 0 Å². The number of benzene rings is 1. The molecule has 0 amide bonds. The zero-order valence-electron chi connectivity index (χ0n) is 11.7. The maximum Gasteiger partial charge on any atom is 0.250 e. The van der Waals surface area contributed by atoms with Crippen LogP contribution < -0.4 is 10.5 Å². The number of nitrogens with two attached hydrogens (primary N) is 1. The quantitative estimate of drug-likeness (QED) is 0.844. The fourth-order valence-electron chi connectivity index (χ4n) is 1.78. The molecule has 0 saturated heterocycles. The smallest absolute Gasteiger partial charge is 0.250 e. The van der Waals surface area contributed by atoms with Crippen LogP contribution in [0.1, 0.15) is 23.4 Å². The van der Waals surface area contributed by atoms with E-state index < -0.39 is 10.0 Å². The number of thiophene rings is 1. The maximum atomic E-state index is 12.1. The third-order valence-electron chi connectivity index (χ3n) is 2.97. The third-order valence-corrected chi connectivity index (χ3v) is 6.12. The molecule has 4 nitrogen and oxygen atoms in total. The molecule has 0 fully saturated rings. The summed E-state index contributed by atoms with van der Waals surface area (Å²) in [5.74, 6) is 0. The molecule has 0 radical (unpaired) electrons. The minimum absolute atomic E-state index is 0. The minimum Gasteiger partial charge on any atom is -0.323 e. The van der Waals surface area contributed by atoms with E-state index >= 15 is 0 Å². The van der Waals surface area contributed by atoms with Crippen LogP contribution in [-0.2, 0) is 16.4 Å². The Labute approximate surface area is 135 Å². The van der Waals surface area contributed by atoms with Gasteiger partial charge in [-0.3, -0.25) is 0 Å². The van der Waals surface area contributed by atoms with Crippen LogP contribution in [0.15, 0.2) is 46.7 Å². The van der Waals surface area contributed by atoms with Gasteiger partial charge in [-0.15, -0.1) is 23.7 Å². The Morgan fingerprint density at radius 1 is 1.19 bits per heavy atom. The Morgan fingerprint density at radius 3 is 2.43 bits per heavy atom. The van der Waals surface area contributed by atoms with Crippen LogP contribution in [0.5, 0.6) is 0 Å². The lowest BCUT2D eigenvalue weighted by atomic mass is 10.1. The van der Waals surface area contributed by atoms with Crippen LogP contribution in [0.2, 0.25) is 0 Å². The predicted molar refractivity (Wildman–Crippen MR) is 89.5 cm³/mol. The minimum atomic E-state index is -3.46. The van der Waals surface area contributed by atoms with Gasteiger partial charge in [-0.05, 0) is 24.1 Å². The van der Waals surface area contributed by atoms with Crippen molar-refractivity contribution >= 4 is 33.8 Å². The van der Waals surface area contributed by atoms with E-state index in [9.17, 15) is 8.42 Å². The number of aryl methyl sites for hydroxylation is 1. The monoisotopic (exact) mass is 346 g/mol. The summed E-state index contributed by atoms with van der Waals surface area (Å²) in [6, 6.07) is 12.6. The van der Waals surface area contributed by atoms with Crippen molar-refractivity contribution in [3.63, 3.8) is 0 Å². The first kappa shape index (κ1) is 18.1. The summed E-state index contributed by atoms with van der Waals surface area (Å²) < 4.78 is 27.2. The molecular weight excluding hydrogens is 328 g/mol. The van der Waals surface area contributed by atoms with E-state index in [4.69, 9.17) is 5.73 Å². The normalized spacial score (nSPS) is 12.7. The number of rotatable bonds is 6. The molecule has 1 aromatic heterocycles. The molecule has 2 rings (SSSR count). The van der Waals surface area contributed by atoms with Crippen LogP contribution in [-0.4, -0.2) is 15.0 Å². The average molecular weight is 347 g/mol. The van der Waals surface area contributed by atoms with Gasteiger partial charge in [0.05, 0.1) is 0 Å². The second kappa shape index (κ2) is 7.91. The number of nitrogens with one attached hydrogen (secondary N) is 1. The maximum absolute atomic E-state index is 12.1. The third kappa shape index (κ3) is 4.79. The summed E-state index contributed by atoms with van der Waals surface area (Å²) >= 11 is 1.30. The van der Waals surface area contributed by atoms with E-state index in [0.717, 1.165) is 16.9 Å². The SMILES string of the molecule is CCc1ccc(S(=O)(=O)NCC(N)c2ccccc2)s1.Cl. The Bertz CT molecular complexity index is 657. The van der Waals surface area contributed by atoms with E-state index in [1.54, 1.807) is 6.07 Å². The van der Waals surface area contributed by atoms with Gasteiger partial charge in [0.2, 0.25) is 10.0 Å². The van der Waals surface area contributed by atoms with Crippen molar-refractivity contribution in [2.75, 3.05) is 6.54 Å². The Hall–Kier alpha value is -0.920. The lowest BCUT2D eigenvalue weighted by Gasteiger charge is -2.12. The molecule has 2 aromatic rings. The van der Waals surface area contributed by atoms with E-state index in [0.29, 0.717) is 4.21 Å². The first-order valence-electron chi connectivity index (χ1n) is 6.42. The molecule has 0 aliphatic carbocycles. The van der Waals surface area contributed by atoms with Crippen molar-refractivity contribution in [2.45, 2.75) is 23.6 Å². The second-order valence-corrected chi connectivity index (χ2v) is 7.61. The molecule has 116 valence electrons. The Balaban J connectivity index is 0.00000220. The van der Waals surface area contributed by atoms with Gasteiger partial charge in [0.15, 0.2) is 0 Å². The predicted octanol–water partition coefficient (Wildman–Crippen LogP) is 2.71. The lowest BCUT2D eigenvalue weighted by Crippen LogP contribution is -2.31. The van der Waals surface area contributed by atoms with Crippen molar-refractivity contribution in [3.8, 4) is 0 Å². The second-order valence-electron chi connectivity index (χ2n) is 4.44. The van der Waals surface area contributed by atoms with Gasteiger partial charge in [-0.2, -0.15) is 0 Å². The van der Waals surface area contributed by atoms with Gasteiger partial charge in [-0.1, -0.05) is 37.3 Å². The molecule has 0 spiro atoms. The summed E-state index contributed by atoms with van der Waals surface area (Å²) in [6.07, 6.45) is 0.837. The van der Waals surface area contributed by atoms with E-state index in [2.05, 4.69) is 4.72 Å². The van der Waals surface area contributed by atoms with Crippen molar-refractivity contribution < 1.29 is 8.42 Å². The molecule has 1 heterocycles. The first-order valence-corrected chi connectivity index (χ1v) is 8.72. The van der Waals surface area contributed by atoms with Crippen molar-refractivity contribution in [1.29, 1.82) is 0 Å². The van der Waals surface area contributed by atoms with E-state index in [1.165, 1.54) is 11.3 Å². The molecule has 1 aromatic carbocycles. The molecule has 7 heteroatoms. The Kier molecular flexibility index (Phi) is 6.83. The standard InChI is InChI=1S/C14H18N2O2S2.ClH/c1-2-12-8-9-14(19-12)20(17,18)16-10-13(15)11-6-4-3-5-7-11;/h3-9,13,16H,2,10,15H2,1H3;1H. The Morgan fingerprint density at radius 2 is 1.86 bits per heavy atom. The van der Waals surface area contributed by atoms with Gasteiger partial charge in [0.25, 0.3) is 0 Å². The zero-order valence-corrected chi connectivity index (χ0v) is 14.1. The summed E-state index contributed by atoms with van der Waals surface area (Å²) in [6.45, 7) is 2.19. The summed E-state index contributed by atoms with van der Waals surface area (Å²) in [7, 11) is -3.46. The molecule has 21 heavy (non-hydrogen) atoms. The summed E-state index contributed by atoms with van der Waals surface area (Å²) in [5.41, 5.74) is 6.90. The fraction of sp³-hybridized carbons (Fsp3) is 0.286. The molecule has 0 bridgehead atoms. The van der Waals surface area contributed by atoms with Crippen LogP contribution in [0.4, 0.5) is 0 Å².